The lowest BCUT2D eigenvalue weighted by molar-refractivity contribution is 0.303. The molecule has 0 aliphatic heterocycles. The van der Waals surface area contributed by atoms with Gasteiger partial charge in [-0.2, -0.15) is 0 Å². The van der Waals surface area contributed by atoms with E-state index in [0.29, 0.717) is 36.0 Å². The van der Waals surface area contributed by atoms with E-state index >= 15 is 0 Å². The summed E-state index contributed by atoms with van der Waals surface area (Å²) in [5, 5.41) is 10.7. The fraction of sp³-hybridized carbons (Fsp3) is 0.250. The number of hydrogen-bond donors (Lipinski definition) is 1. The number of fused-ring (bicyclic) bond motifs is 1. The second kappa shape index (κ2) is 9.85. The normalized spacial score (nSPS) is 11.0. The molecule has 0 aromatic heterocycles. The lowest BCUT2D eigenvalue weighted by Crippen LogP contribution is -2.00. The Morgan fingerprint density at radius 2 is 1.55 bits per heavy atom. The third kappa shape index (κ3) is 4.63. The van der Waals surface area contributed by atoms with E-state index in [0.717, 1.165) is 21.9 Å². The first-order valence-electron chi connectivity index (χ1n) is 9.40. The van der Waals surface area contributed by atoms with E-state index in [2.05, 4.69) is 0 Å². The molecule has 5 nitrogen and oxygen atoms in total. The number of aliphatic hydroxyl groups excluding tert-OH is 1. The first kappa shape index (κ1) is 20.6. The molecule has 0 amide bonds. The van der Waals surface area contributed by atoms with Crippen LogP contribution in [-0.2, 0) is 13.0 Å². The van der Waals surface area contributed by atoms with Gasteiger partial charge in [0.15, 0.2) is 11.5 Å². The third-order valence-electron chi connectivity index (χ3n) is 4.65. The zero-order chi connectivity index (χ0) is 20.6. The summed E-state index contributed by atoms with van der Waals surface area (Å²) in [7, 11) is 4.86. The molecule has 0 heterocycles. The molecule has 3 aromatic carbocycles. The highest BCUT2D eigenvalue weighted by Gasteiger charge is 2.19. The van der Waals surface area contributed by atoms with E-state index in [9.17, 15) is 0 Å². The van der Waals surface area contributed by atoms with Crippen molar-refractivity contribution in [3.63, 3.8) is 0 Å². The number of aliphatic hydroxyl groups is 1. The SMILES string of the molecule is COc1cc(OCc2ccccc2)c2c(OC)cc(C/C=C/CO)cc2c1OC. The molecule has 0 fully saturated rings. The Hall–Kier alpha value is -3.18. The van der Waals surface area contributed by atoms with Crippen LogP contribution in [0.25, 0.3) is 10.8 Å². The predicted molar refractivity (Wildman–Crippen MR) is 114 cm³/mol. The molecule has 0 aliphatic rings. The van der Waals surface area contributed by atoms with Crippen LogP contribution in [-0.4, -0.2) is 33.0 Å². The molecule has 3 aromatic rings. The monoisotopic (exact) mass is 394 g/mol. The standard InChI is InChI=1S/C24H26O5/c1-26-20-14-18(11-7-8-12-25)13-19-23(20)21(15-22(27-2)24(19)28-3)29-16-17-9-5-4-6-10-17/h4-10,13-15,25H,11-12,16H2,1-3H3/b8-7+. The largest absolute Gasteiger partial charge is 0.496 e. The molecule has 29 heavy (non-hydrogen) atoms. The highest BCUT2D eigenvalue weighted by Crippen LogP contribution is 2.46. The van der Waals surface area contributed by atoms with E-state index in [4.69, 9.17) is 24.1 Å². The van der Waals surface area contributed by atoms with Gasteiger partial charge in [-0.25, -0.2) is 0 Å². The first-order valence-corrected chi connectivity index (χ1v) is 9.40. The maximum atomic E-state index is 8.99. The number of allylic oxidation sites excluding steroid dienone is 1. The maximum absolute atomic E-state index is 8.99. The summed E-state index contributed by atoms with van der Waals surface area (Å²) in [5.74, 6) is 2.57. The molecule has 0 saturated heterocycles. The second-order valence-electron chi connectivity index (χ2n) is 6.46. The molecule has 0 radical (unpaired) electrons. The van der Waals surface area contributed by atoms with Crippen LogP contribution < -0.4 is 18.9 Å². The van der Waals surface area contributed by atoms with Crippen molar-refractivity contribution in [2.24, 2.45) is 0 Å². The zero-order valence-corrected chi connectivity index (χ0v) is 17.0. The number of methoxy groups -OCH3 is 3. The number of ether oxygens (including phenoxy) is 4. The average molecular weight is 394 g/mol. The van der Waals surface area contributed by atoms with Gasteiger partial charge in [0.05, 0.1) is 33.3 Å². The molecule has 1 N–H and O–H groups in total. The van der Waals surface area contributed by atoms with Gasteiger partial charge in [0.2, 0.25) is 0 Å². The molecular weight excluding hydrogens is 368 g/mol. The maximum Gasteiger partial charge on any atom is 0.168 e. The fourth-order valence-corrected chi connectivity index (χ4v) is 3.28. The Bertz CT molecular complexity index is 980. The predicted octanol–water partition coefficient (Wildman–Crippen LogP) is 4.54. The minimum Gasteiger partial charge on any atom is -0.496 e. The van der Waals surface area contributed by atoms with Gasteiger partial charge in [-0.3, -0.25) is 0 Å². The number of rotatable bonds is 9. The average Bonchev–Trinajstić information content (AvgIpc) is 2.77. The van der Waals surface area contributed by atoms with E-state index in [1.807, 2.05) is 54.6 Å². The van der Waals surface area contributed by atoms with Gasteiger partial charge in [0, 0.05) is 11.5 Å². The topological polar surface area (TPSA) is 57.2 Å². The molecule has 0 atom stereocenters. The van der Waals surface area contributed by atoms with Crippen molar-refractivity contribution in [2.75, 3.05) is 27.9 Å². The van der Waals surface area contributed by atoms with Crippen LogP contribution in [0.15, 0.2) is 60.7 Å². The van der Waals surface area contributed by atoms with Gasteiger partial charge in [-0.1, -0.05) is 42.5 Å². The van der Waals surface area contributed by atoms with Gasteiger partial charge in [-0.15, -0.1) is 0 Å². The third-order valence-corrected chi connectivity index (χ3v) is 4.65. The molecule has 0 unspecified atom stereocenters. The molecule has 152 valence electrons. The number of benzene rings is 3. The summed E-state index contributed by atoms with van der Waals surface area (Å²) in [5.41, 5.74) is 2.10. The van der Waals surface area contributed by atoms with Crippen molar-refractivity contribution in [3.8, 4) is 23.0 Å². The van der Waals surface area contributed by atoms with E-state index in [1.165, 1.54) is 0 Å². The second-order valence-corrected chi connectivity index (χ2v) is 6.46. The van der Waals surface area contributed by atoms with E-state index in [1.54, 1.807) is 27.4 Å². The van der Waals surface area contributed by atoms with Gasteiger partial charge in [-0.05, 0) is 29.7 Å². The van der Waals surface area contributed by atoms with Crippen molar-refractivity contribution in [1.82, 2.24) is 0 Å². The van der Waals surface area contributed by atoms with Crippen molar-refractivity contribution in [2.45, 2.75) is 13.0 Å². The highest BCUT2D eigenvalue weighted by molar-refractivity contribution is 6.00. The van der Waals surface area contributed by atoms with Gasteiger partial charge in [0.1, 0.15) is 18.1 Å². The van der Waals surface area contributed by atoms with Crippen LogP contribution in [0.2, 0.25) is 0 Å². The summed E-state index contributed by atoms with van der Waals surface area (Å²) in [6.07, 6.45) is 4.29. The van der Waals surface area contributed by atoms with Gasteiger partial charge in [0.25, 0.3) is 0 Å². The van der Waals surface area contributed by atoms with E-state index < -0.39 is 0 Å². The lowest BCUT2D eigenvalue weighted by atomic mass is 10.0. The molecule has 0 spiro atoms. The molecule has 3 rings (SSSR count). The minimum absolute atomic E-state index is 0.0132. The molecule has 0 bridgehead atoms. The quantitative estimate of drug-likeness (QED) is 0.540. The fourth-order valence-electron chi connectivity index (χ4n) is 3.28. The smallest absolute Gasteiger partial charge is 0.168 e. The van der Waals surface area contributed by atoms with Crippen LogP contribution in [0.1, 0.15) is 11.1 Å². The Kier molecular flexibility index (Phi) is 6.98. The van der Waals surface area contributed by atoms with Crippen LogP contribution in [0.5, 0.6) is 23.0 Å². The minimum atomic E-state index is 0.0132. The lowest BCUT2D eigenvalue weighted by Gasteiger charge is -2.18. The highest BCUT2D eigenvalue weighted by atomic mass is 16.5. The Morgan fingerprint density at radius 3 is 2.21 bits per heavy atom. The Balaban J connectivity index is 2.13. The number of hydrogen-bond acceptors (Lipinski definition) is 5. The summed E-state index contributed by atoms with van der Waals surface area (Å²) >= 11 is 0. The Labute approximate surface area is 171 Å². The Morgan fingerprint density at radius 1 is 0.793 bits per heavy atom. The van der Waals surface area contributed by atoms with Crippen molar-refractivity contribution in [1.29, 1.82) is 0 Å². The first-order chi connectivity index (χ1) is 14.2. The summed E-state index contributed by atoms with van der Waals surface area (Å²) < 4.78 is 23.1. The molecule has 5 heteroatoms. The van der Waals surface area contributed by atoms with Crippen LogP contribution in [0.4, 0.5) is 0 Å². The van der Waals surface area contributed by atoms with Crippen LogP contribution >= 0.6 is 0 Å². The van der Waals surface area contributed by atoms with E-state index in [-0.39, 0.29) is 6.61 Å². The van der Waals surface area contributed by atoms with Gasteiger partial charge >= 0.3 is 0 Å². The zero-order valence-electron chi connectivity index (χ0n) is 17.0. The molecular formula is C24H26O5. The van der Waals surface area contributed by atoms with Crippen molar-refractivity contribution in [3.05, 3.63) is 71.8 Å². The molecule has 0 saturated carbocycles. The van der Waals surface area contributed by atoms with Gasteiger partial charge < -0.3 is 24.1 Å². The van der Waals surface area contributed by atoms with Crippen LogP contribution in [0.3, 0.4) is 0 Å². The summed E-state index contributed by atoms with van der Waals surface area (Å²) in [6, 6.07) is 15.8. The summed E-state index contributed by atoms with van der Waals surface area (Å²) in [6.45, 7) is 0.439. The van der Waals surface area contributed by atoms with Crippen molar-refractivity contribution >= 4 is 10.8 Å². The summed E-state index contributed by atoms with van der Waals surface area (Å²) in [4.78, 5) is 0. The molecule has 0 aliphatic carbocycles. The van der Waals surface area contributed by atoms with Crippen molar-refractivity contribution < 1.29 is 24.1 Å². The van der Waals surface area contributed by atoms with Crippen LogP contribution in [0, 0.1) is 0 Å².